The van der Waals surface area contributed by atoms with Gasteiger partial charge in [0.15, 0.2) is 0 Å². The van der Waals surface area contributed by atoms with E-state index in [1.807, 2.05) is 0 Å². The highest BCUT2D eigenvalue weighted by molar-refractivity contribution is 6.05. The van der Waals surface area contributed by atoms with Crippen molar-refractivity contribution in [1.29, 1.82) is 0 Å². The minimum absolute atomic E-state index is 0.104. The molecular weight excluding hydrogens is 250 g/mol. The van der Waals surface area contributed by atoms with Crippen LogP contribution in [0.4, 0.5) is 0 Å². The van der Waals surface area contributed by atoms with E-state index in [0.717, 1.165) is 6.07 Å². The molecule has 2 aromatic rings. The average Bonchev–Trinajstić information content (AvgIpc) is 2.44. The molecule has 6 nitrogen and oxygen atoms in total. The third kappa shape index (κ3) is 2.33. The second kappa shape index (κ2) is 4.93. The molecule has 0 saturated heterocycles. The fraction of sp³-hybridized carbons (Fsp3) is 0.154. The Hall–Kier alpha value is -2.63. The monoisotopic (exact) mass is 261 g/mol. The summed E-state index contributed by atoms with van der Waals surface area (Å²) in [5, 5.41) is 0.425. The maximum Gasteiger partial charge on any atom is 0.338 e. The Balaban J connectivity index is 2.75. The van der Waals surface area contributed by atoms with Crippen molar-refractivity contribution in [2.45, 2.75) is 0 Å². The van der Waals surface area contributed by atoms with Gasteiger partial charge in [-0.2, -0.15) is 0 Å². The fourth-order valence-corrected chi connectivity index (χ4v) is 1.78. The molecule has 0 amide bonds. The van der Waals surface area contributed by atoms with E-state index < -0.39 is 17.5 Å². The Bertz CT molecular complexity index is 717. The predicted molar refractivity (Wildman–Crippen MR) is 67.2 cm³/mol. The van der Waals surface area contributed by atoms with Crippen molar-refractivity contribution in [1.82, 2.24) is 4.98 Å². The quantitative estimate of drug-likeness (QED) is 0.818. The Kier molecular flexibility index (Phi) is 3.33. The van der Waals surface area contributed by atoms with Crippen molar-refractivity contribution >= 4 is 22.8 Å². The maximum absolute atomic E-state index is 11.6. The van der Waals surface area contributed by atoms with Crippen LogP contribution in [-0.2, 0) is 9.47 Å². The maximum atomic E-state index is 11.6. The molecule has 98 valence electrons. The number of methoxy groups -OCH3 is 2. The van der Waals surface area contributed by atoms with Crippen molar-refractivity contribution in [2.24, 2.45) is 0 Å². The van der Waals surface area contributed by atoms with Crippen molar-refractivity contribution in [3.63, 3.8) is 0 Å². The molecule has 6 heteroatoms. The highest BCUT2D eigenvalue weighted by Gasteiger charge is 2.14. The van der Waals surface area contributed by atoms with Crippen LogP contribution < -0.4 is 5.56 Å². The van der Waals surface area contributed by atoms with E-state index in [-0.39, 0.29) is 11.1 Å². The standard InChI is InChI=1S/C13H11NO5/c1-18-12(16)7-3-4-10-8(5-7)9(13(17)19-2)6-11(15)14-10/h3-6H,1-2H3,(H,14,15). The average molecular weight is 261 g/mol. The number of benzene rings is 1. The lowest BCUT2D eigenvalue weighted by molar-refractivity contribution is 0.0591. The Morgan fingerprint density at radius 3 is 2.37 bits per heavy atom. The SMILES string of the molecule is COC(=O)c1ccc2[nH]c(=O)cc(C(=O)OC)c2c1. The van der Waals surface area contributed by atoms with Gasteiger partial charge in [0.2, 0.25) is 5.56 Å². The van der Waals surface area contributed by atoms with Crippen LogP contribution >= 0.6 is 0 Å². The van der Waals surface area contributed by atoms with Crippen LogP contribution in [0, 0.1) is 0 Å². The summed E-state index contributed by atoms with van der Waals surface area (Å²) in [6, 6.07) is 5.65. The topological polar surface area (TPSA) is 85.5 Å². The number of aromatic nitrogens is 1. The summed E-state index contributed by atoms with van der Waals surface area (Å²) in [5.74, 6) is -1.16. The van der Waals surface area contributed by atoms with Crippen LogP contribution in [0.5, 0.6) is 0 Å². The third-order valence-electron chi connectivity index (χ3n) is 2.67. The van der Waals surface area contributed by atoms with Crippen LogP contribution in [-0.4, -0.2) is 31.1 Å². The lowest BCUT2D eigenvalue weighted by Gasteiger charge is -2.06. The number of nitrogens with one attached hydrogen (secondary N) is 1. The van der Waals surface area contributed by atoms with Gasteiger partial charge >= 0.3 is 11.9 Å². The minimum Gasteiger partial charge on any atom is -0.465 e. The first kappa shape index (κ1) is 12.8. The first-order valence-electron chi connectivity index (χ1n) is 5.40. The van der Waals surface area contributed by atoms with Gasteiger partial charge in [-0.3, -0.25) is 4.79 Å². The van der Waals surface area contributed by atoms with Crippen LogP contribution in [0.1, 0.15) is 20.7 Å². The first-order valence-corrected chi connectivity index (χ1v) is 5.40. The van der Waals surface area contributed by atoms with Crippen molar-refractivity contribution in [2.75, 3.05) is 14.2 Å². The highest BCUT2D eigenvalue weighted by atomic mass is 16.5. The van der Waals surface area contributed by atoms with Crippen molar-refractivity contribution < 1.29 is 19.1 Å². The zero-order chi connectivity index (χ0) is 14.0. The molecule has 0 unspecified atom stereocenters. The molecule has 1 heterocycles. The largest absolute Gasteiger partial charge is 0.465 e. The summed E-state index contributed by atoms with van der Waals surface area (Å²) in [4.78, 5) is 37.1. The van der Waals surface area contributed by atoms with Gasteiger partial charge in [0, 0.05) is 17.0 Å². The van der Waals surface area contributed by atoms with E-state index in [4.69, 9.17) is 0 Å². The van der Waals surface area contributed by atoms with E-state index in [2.05, 4.69) is 14.5 Å². The molecule has 1 aromatic heterocycles. The van der Waals surface area contributed by atoms with Gasteiger partial charge in [0.1, 0.15) is 0 Å². The Morgan fingerprint density at radius 1 is 1.05 bits per heavy atom. The number of H-pyrrole nitrogens is 1. The molecular formula is C13H11NO5. The molecule has 0 radical (unpaired) electrons. The van der Waals surface area contributed by atoms with Crippen LogP contribution in [0.3, 0.4) is 0 Å². The summed E-state index contributed by atoms with van der Waals surface area (Å²) in [6.07, 6.45) is 0. The summed E-state index contributed by atoms with van der Waals surface area (Å²) in [5.41, 5.74) is 0.415. The molecule has 0 fully saturated rings. The van der Waals surface area contributed by atoms with E-state index in [1.54, 1.807) is 0 Å². The zero-order valence-electron chi connectivity index (χ0n) is 10.4. The summed E-state index contributed by atoms with van der Waals surface area (Å²) >= 11 is 0. The number of carbonyl (C=O) groups excluding carboxylic acids is 2. The van der Waals surface area contributed by atoms with E-state index in [9.17, 15) is 14.4 Å². The number of hydrogen-bond donors (Lipinski definition) is 1. The normalized spacial score (nSPS) is 10.2. The number of carbonyl (C=O) groups is 2. The summed E-state index contributed by atoms with van der Waals surface area (Å²) in [6.45, 7) is 0. The van der Waals surface area contributed by atoms with E-state index in [0.29, 0.717) is 10.9 Å². The van der Waals surface area contributed by atoms with Gasteiger partial charge in [-0.15, -0.1) is 0 Å². The molecule has 19 heavy (non-hydrogen) atoms. The van der Waals surface area contributed by atoms with Gasteiger partial charge in [-0.25, -0.2) is 9.59 Å². The van der Waals surface area contributed by atoms with Crippen LogP contribution in [0.25, 0.3) is 10.9 Å². The third-order valence-corrected chi connectivity index (χ3v) is 2.67. The Labute approximate surface area is 108 Å². The summed E-state index contributed by atoms with van der Waals surface area (Å²) < 4.78 is 9.23. The lowest BCUT2D eigenvalue weighted by Crippen LogP contribution is -2.12. The van der Waals surface area contributed by atoms with Gasteiger partial charge < -0.3 is 14.5 Å². The van der Waals surface area contributed by atoms with Crippen molar-refractivity contribution in [3.05, 3.63) is 45.7 Å². The second-order valence-corrected chi connectivity index (χ2v) is 3.79. The molecule has 1 N–H and O–H groups in total. The van der Waals surface area contributed by atoms with Crippen molar-refractivity contribution in [3.8, 4) is 0 Å². The molecule has 1 aromatic carbocycles. The van der Waals surface area contributed by atoms with Crippen LogP contribution in [0.15, 0.2) is 29.1 Å². The number of rotatable bonds is 2. The molecule has 2 rings (SSSR count). The molecule has 0 aliphatic heterocycles. The lowest BCUT2D eigenvalue weighted by atomic mass is 10.1. The highest BCUT2D eigenvalue weighted by Crippen LogP contribution is 2.18. The van der Waals surface area contributed by atoms with Gasteiger partial charge in [-0.1, -0.05) is 0 Å². The number of ether oxygens (including phenoxy) is 2. The summed E-state index contributed by atoms with van der Waals surface area (Å²) in [7, 11) is 2.49. The number of esters is 2. The van der Waals surface area contributed by atoms with E-state index >= 15 is 0 Å². The minimum atomic E-state index is -0.641. The second-order valence-electron chi connectivity index (χ2n) is 3.79. The van der Waals surface area contributed by atoms with Crippen LogP contribution in [0.2, 0.25) is 0 Å². The van der Waals surface area contributed by atoms with Gasteiger partial charge in [0.25, 0.3) is 0 Å². The number of hydrogen-bond acceptors (Lipinski definition) is 5. The zero-order valence-corrected chi connectivity index (χ0v) is 10.4. The van der Waals surface area contributed by atoms with E-state index in [1.165, 1.54) is 32.4 Å². The predicted octanol–water partition coefficient (Wildman–Crippen LogP) is 1.10. The molecule has 0 saturated carbocycles. The molecule has 0 aliphatic carbocycles. The smallest absolute Gasteiger partial charge is 0.338 e. The fourth-order valence-electron chi connectivity index (χ4n) is 1.78. The number of fused-ring (bicyclic) bond motifs is 1. The molecule has 0 bridgehead atoms. The number of pyridine rings is 1. The molecule has 0 aliphatic rings. The number of aromatic amines is 1. The first-order chi connectivity index (χ1) is 9.06. The van der Waals surface area contributed by atoms with Gasteiger partial charge in [0.05, 0.1) is 25.3 Å². The molecule has 0 spiro atoms. The Morgan fingerprint density at radius 2 is 1.74 bits per heavy atom. The molecule has 0 atom stereocenters. The van der Waals surface area contributed by atoms with Gasteiger partial charge in [-0.05, 0) is 18.2 Å².